The molecule has 2 aliphatic rings. The van der Waals surface area contributed by atoms with Crippen LogP contribution >= 0.6 is 23.5 Å². The number of fused-ring (bicyclic) bond motifs is 1. The molecule has 1 aromatic rings. The maximum Gasteiger partial charge on any atom is 0.414 e. The predicted octanol–water partition coefficient (Wildman–Crippen LogP) is 1.94. The number of hydrogen-bond donors (Lipinski definition) is 3. The molecule has 30 heavy (non-hydrogen) atoms. The monoisotopic (exact) mass is 453 g/mol. The van der Waals surface area contributed by atoms with Crippen LogP contribution < -0.4 is 20.7 Å². The first kappa shape index (κ1) is 22.3. The summed E-state index contributed by atoms with van der Waals surface area (Å²) < 4.78 is 15.3. The number of nitrogens with one attached hydrogen (secondary N) is 3. The summed E-state index contributed by atoms with van der Waals surface area (Å²) in [4.78, 5) is 37.4. The van der Waals surface area contributed by atoms with Crippen molar-refractivity contribution in [3.8, 4) is 5.75 Å². The van der Waals surface area contributed by atoms with E-state index in [4.69, 9.17) is 14.2 Å². The Balaban J connectivity index is 1.55. The molecule has 9 nitrogen and oxygen atoms in total. The van der Waals surface area contributed by atoms with E-state index in [2.05, 4.69) is 16.0 Å². The number of methoxy groups -OCH3 is 1. The number of amides is 3. The molecule has 0 bridgehead atoms. The molecule has 0 radical (unpaired) electrons. The fourth-order valence-corrected chi connectivity index (χ4v) is 4.87. The van der Waals surface area contributed by atoms with Crippen molar-refractivity contribution in [3.63, 3.8) is 0 Å². The van der Waals surface area contributed by atoms with Crippen LogP contribution in [0, 0.1) is 0 Å². The third-order valence-corrected chi connectivity index (χ3v) is 6.38. The van der Waals surface area contributed by atoms with Gasteiger partial charge in [-0.1, -0.05) is 17.8 Å². The smallest absolute Gasteiger partial charge is 0.414 e. The summed E-state index contributed by atoms with van der Waals surface area (Å²) in [6, 6.07) is 5.56. The molecule has 2 atom stereocenters. The summed E-state index contributed by atoms with van der Waals surface area (Å²) in [5.74, 6) is 0.432. The summed E-state index contributed by atoms with van der Waals surface area (Å²) in [7, 11) is 1.61. The molecule has 2 heterocycles. The van der Waals surface area contributed by atoms with E-state index in [1.165, 1.54) is 23.5 Å². The van der Waals surface area contributed by atoms with E-state index in [0.29, 0.717) is 30.3 Å². The van der Waals surface area contributed by atoms with Crippen LogP contribution in [-0.2, 0) is 19.1 Å². The Kier molecular flexibility index (Phi) is 7.88. The van der Waals surface area contributed by atoms with Crippen molar-refractivity contribution in [3.05, 3.63) is 29.8 Å². The predicted molar refractivity (Wildman–Crippen MR) is 115 cm³/mol. The number of ether oxygens (including phenoxy) is 3. The van der Waals surface area contributed by atoms with Gasteiger partial charge in [0.05, 0.1) is 13.2 Å². The summed E-state index contributed by atoms with van der Waals surface area (Å²) in [6.07, 6.45) is 0.884. The van der Waals surface area contributed by atoms with Gasteiger partial charge in [-0.3, -0.25) is 14.9 Å². The largest absolute Gasteiger partial charge is 0.491 e. The van der Waals surface area contributed by atoms with Gasteiger partial charge in [0.2, 0.25) is 0 Å². The number of benzene rings is 1. The number of anilines is 1. The SMILES string of the molecule is CCOC(=O)NC(=O)C1=CCSC1NC(=O)C1Nc2ccc(OCCOC)cc2S1. The molecule has 3 amide bonds. The molecule has 0 spiro atoms. The number of carbonyl (C=O) groups is 3. The maximum atomic E-state index is 12.8. The minimum Gasteiger partial charge on any atom is -0.491 e. The highest BCUT2D eigenvalue weighted by molar-refractivity contribution is 8.01. The van der Waals surface area contributed by atoms with Crippen molar-refractivity contribution in [2.45, 2.75) is 22.6 Å². The summed E-state index contributed by atoms with van der Waals surface area (Å²) in [5.41, 5.74) is 1.17. The zero-order valence-electron chi connectivity index (χ0n) is 16.6. The van der Waals surface area contributed by atoms with Gasteiger partial charge < -0.3 is 24.8 Å². The second kappa shape index (κ2) is 10.6. The van der Waals surface area contributed by atoms with Gasteiger partial charge in [-0.2, -0.15) is 0 Å². The third-order valence-electron chi connectivity index (χ3n) is 4.15. The van der Waals surface area contributed by atoms with E-state index in [1.807, 2.05) is 18.2 Å². The Hall–Kier alpha value is -2.37. The highest BCUT2D eigenvalue weighted by Crippen LogP contribution is 2.40. The van der Waals surface area contributed by atoms with Crippen molar-refractivity contribution >= 4 is 47.1 Å². The lowest BCUT2D eigenvalue weighted by Gasteiger charge is -2.18. The molecular weight excluding hydrogens is 430 g/mol. The third kappa shape index (κ3) is 5.61. The van der Waals surface area contributed by atoms with Gasteiger partial charge >= 0.3 is 6.09 Å². The number of rotatable bonds is 8. The zero-order valence-corrected chi connectivity index (χ0v) is 18.2. The van der Waals surface area contributed by atoms with Crippen LogP contribution in [0.2, 0.25) is 0 Å². The molecule has 0 fully saturated rings. The number of carbonyl (C=O) groups excluding carboxylic acids is 3. The second-order valence-corrected chi connectivity index (χ2v) is 8.48. The van der Waals surface area contributed by atoms with E-state index >= 15 is 0 Å². The van der Waals surface area contributed by atoms with Gasteiger partial charge in [-0.15, -0.1) is 11.8 Å². The van der Waals surface area contributed by atoms with Gasteiger partial charge in [0.25, 0.3) is 11.8 Å². The Morgan fingerprint density at radius 2 is 2.10 bits per heavy atom. The fourth-order valence-electron chi connectivity index (χ4n) is 2.77. The Bertz CT molecular complexity index is 848. The first-order valence-electron chi connectivity index (χ1n) is 9.31. The van der Waals surface area contributed by atoms with Crippen LogP contribution in [-0.4, -0.2) is 61.3 Å². The number of thioether (sulfide) groups is 2. The Morgan fingerprint density at radius 1 is 1.27 bits per heavy atom. The van der Waals surface area contributed by atoms with Crippen LogP contribution in [0.15, 0.2) is 34.7 Å². The summed E-state index contributed by atoms with van der Waals surface area (Å²) >= 11 is 2.77. The van der Waals surface area contributed by atoms with Crippen LogP contribution in [0.1, 0.15) is 6.92 Å². The molecule has 2 aliphatic heterocycles. The van der Waals surface area contributed by atoms with Crippen molar-refractivity contribution < 1.29 is 28.6 Å². The van der Waals surface area contributed by atoms with Gasteiger partial charge in [-0.05, 0) is 25.1 Å². The van der Waals surface area contributed by atoms with Crippen molar-refractivity contribution in [2.24, 2.45) is 0 Å². The lowest BCUT2D eigenvalue weighted by molar-refractivity contribution is -0.120. The molecule has 0 saturated heterocycles. The molecule has 3 N–H and O–H groups in total. The average Bonchev–Trinajstić information content (AvgIpc) is 3.34. The van der Waals surface area contributed by atoms with Crippen LogP contribution in [0.5, 0.6) is 5.75 Å². The van der Waals surface area contributed by atoms with E-state index in [-0.39, 0.29) is 12.5 Å². The molecular formula is C19H23N3O6S2. The molecule has 162 valence electrons. The highest BCUT2D eigenvalue weighted by atomic mass is 32.2. The van der Waals surface area contributed by atoms with Gasteiger partial charge in [0.15, 0.2) is 5.37 Å². The molecule has 0 saturated carbocycles. The van der Waals surface area contributed by atoms with Crippen LogP contribution in [0.4, 0.5) is 10.5 Å². The topological polar surface area (TPSA) is 115 Å². The highest BCUT2D eigenvalue weighted by Gasteiger charge is 2.33. The molecule has 0 aromatic heterocycles. The molecule has 3 rings (SSSR count). The summed E-state index contributed by atoms with van der Waals surface area (Å²) in [6.45, 7) is 2.75. The number of imide groups is 1. The second-order valence-electron chi connectivity index (χ2n) is 6.20. The van der Waals surface area contributed by atoms with Gasteiger partial charge in [0.1, 0.15) is 17.7 Å². The average molecular weight is 454 g/mol. The zero-order chi connectivity index (χ0) is 21.5. The van der Waals surface area contributed by atoms with E-state index < -0.39 is 22.7 Å². The van der Waals surface area contributed by atoms with E-state index in [0.717, 1.165) is 10.6 Å². The van der Waals surface area contributed by atoms with Crippen LogP contribution in [0.3, 0.4) is 0 Å². The fraction of sp³-hybridized carbons (Fsp3) is 0.421. The van der Waals surface area contributed by atoms with Crippen molar-refractivity contribution in [1.29, 1.82) is 0 Å². The first-order valence-corrected chi connectivity index (χ1v) is 11.2. The first-order chi connectivity index (χ1) is 14.5. The lowest BCUT2D eigenvalue weighted by Crippen LogP contribution is -2.44. The van der Waals surface area contributed by atoms with Gasteiger partial charge in [-0.25, -0.2) is 4.79 Å². The molecule has 0 aliphatic carbocycles. The standard InChI is InChI=1S/C19H23N3O6S2/c1-3-27-19(25)22-15(23)12-6-9-29-17(12)21-16(24)18-20-13-5-4-11(10-14(13)30-18)28-8-7-26-2/h4-6,10,17-18,20H,3,7-9H2,1-2H3,(H,21,24)(H,22,23,25). The lowest BCUT2D eigenvalue weighted by atomic mass is 10.2. The van der Waals surface area contributed by atoms with E-state index in [9.17, 15) is 14.4 Å². The van der Waals surface area contributed by atoms with Crippen LogP contribution in [0.25, 0.3) is 0 Å². The molecule has 1 aromatic carbocycles. The Morgan fingerprint density at radius 3 is 2.87 bits per heavy atom. The summed E-state index contributed by atoms with van der Waals surface area (Å²) in [5, 5.41) is 7.11. The number of alkyl carbamates (subject to hydrolysis) is 1. The Labute approximate surface area is 182 Å². The molecule has 11 heteroatoms. The van der Waals surface area contributed by atoms with Crippen molar-refractivity contribution in [1.82, 2.24) is 10.6 Å². The maximum absolute atomic E-state index is 12.8. The molecule has 2 unspecified atom stereocenters. The number of hydrogen-bond acceptors (Lipinski definition) is 9. The quantitative estimate of drug-likeness (QED) is 0.508. The van der Waals surface area contributed by atoms with Crippen molar-refractivity contribution in [2.75, 3.05) is 38.0 Å². The van der Waals surface area contributed by atoms with Gasteiger partial charge in [0, 0.05) is 29.0 Å². The minimum absolute atomic E-state index is 0.164. The van der Waals surface area contributed by atoms with E-state index in [1.54, 1.807) is 20.1 Å². The minimum atomic E-state index is -0.808. The normalized spacial score (nSPS) is 19.3.